The van der Waals surface area contributed by atoms with Gasteiger partial charge in [-0.1, -0.05) is 26.8 Å². The molecule has 0 radical (unpaired) electrons. The fourth-order valence-electron chi connectivity index (χ4n) is 2.41. The van der Waals surface area contributed by atoms with Crippen molar-refractivity contribution in [3.63, 3.8) is 0 Å². The van der Waals surface area contributed by atoms with Gasteiger partial charge < -0.3 is 10.4 Å². The van der Waals surface area contributed by atoms with Crippen LogP contribution in [0.15, 0.2) is 18.2 Å². The fraction of sp³-hybridized carbons (Fsp3) is 0.600. The molecule has 1 aromatic carbocycles. The summed E-state index contributed by atoms with van der Waals surface area (Å²) in [5.74, 6) is 0.431. The molecule has 0 saturated carbocycles. The smallest absolute Gasteiger partial charge is 0.120 e. The van der Waals surface area contributed by atoms with E-state index in [9.17, 15) is 5.11 Å². The molecule has 1 atom stereocenters. The van der Waals surface area contributed by atoms with Gasteiger partial charge in [-0.25, -0.2) is 0 Å². The number of phenols is 1. The molecule has 2 rings (SSSR count). The lowest BCUT2D eigenvalue weighted by Gasteiger charge is -2.25. The summed E-state index contributed by atoms with van der Waals surface area (Å²) in [4.78, 5) is 0. The first-order valence-corrected chi connectivity index (χ1v) is 6.61. The quantitative estimate of drug-likeness (QED) is 0.837. The highest BCUT2D eigenvalue weighted by Crippen LogP contribution is 2.35. The number of phenolic OH excluding ortho intramolecular Hbond substituents is 1. The maximum atomic E-state index is 9.99. The van der Waals surface area contributed by atoms with Crippen LogP contribution in [0.2, 0.25) is 0 Å². The van der Waals surface area contributed by atoms with Crippen LogP contribution in [-0.2, 0) is 5.41 Å². The summed E-state index contributed by atoms with van der Waals surface area (Å²) in [5.41, 5.74) is 2.57. The topological polar surface area (TPSA) is 32.3 Å². The summed E-state index contributed by atoms with van der Waals surface area (Å²) in [6.07, 6.45) is 3.43. The number of aromatic hydroxyl groups is 1. The molecule has 0 bridgehead atoms. The number of nitrogens with one attached hydrogen (secondary N) is 1. The van der Waals surface area contributed by atoms with Crippen LogP contribution in [0.4, 0.5) is 0 Å². The van der Waals surface area contributed by atoms with E-state index in [0.717, 1.165) is 24.9 Å². The molecule has 2 heteroatoms. The molecule has 17 heavy (non-hydrogen) atoms. The summed E-state index contributed by atoms with van der Waals surface area (Å²) in [7, 11) is 0. The Bertz CT molecular complexity index is 392. The van der Waals surface area contributed by atoms with Gasteiger partial charge in [-0.05, 0) is 48.9 Å². The van der Waals surface area contributed by atoms with Crippen molar-refractivity contribution in [2.75, 3.05) is 6.54 Å². The molecular formula is C15H23NO. The standard InChI is InChI=1S/C15H23NO/c1-4-15(2,3)11-7-8-14(17)12(10-11)13-6-5-9-16-13/h7-8,10,13,16-17H,4-6,9H2,1-3H3/t13-/m0/s1. The van der Waals surface area contributed by atoms with Crippen LogP contribution in [0, 0.1) is 0 Å². The van der Waals surface area contributed by atoms with Gasteiger partial charge in [0.05, 0.1) is 0 Å². The van der Waals surface area contributed by atoms with E-state index in [2.05, 4.69) is 38.2 Å². The van der Waals surface area contributed by atoms with Gasteiger partial charge in [-0.15, -0.1) is 0 Å². The third-order valence-corrected chi connectivity index (χ3v) is 4.13. The van der Waals surface area contributed by atoms with Crippen LogP contribution in [0.5, 0.6) is 5.75 Å². The Labute approximate surface area is 104 Å². The van der Waals surface area contributed by atoms with Gasteiger partial charge in [0, 0.05) is 11.6 Å². The molecule has 1 aromatic rings. The largest absolute Gasteiger partial charge is 0.508 e. The predicted octanol–water partition coefficient (Wildman–Crippen LogP) is 3.50. The molecule has 1 aliphatic heterocycles. The Morgan fingerprint density at radius 1 is 1.41 bits per heavy atom. The average molecular weight is 233 g/mol. The zero-order valence-electron chi connectivity index (χ0n) is 11.1. The van der Waals surface area contributed by atoms with E-state index in [1.54, 1.807) is 0 Å². The van der Waals surface area contributed by atoms with Crippen molar-refractivity contribution in [1.82, 2.24) is 5.32 Å². The number of hydrogen-bond acceptors (Lipinski definition) is 2. The van der Waals surface area contributed by atoms with Gasteiger partial charge >= 0.3 is 0 Å². The van der Waals surface area contributed by atoms with Gasteiger partial charge in [0.25, 0.3) is 0 Å². The predicted molar refractivity (Wildman–Crippen MR) is 71.4 cm³/mol. The van der Waals surface area contributed by atoms with Crippen molar-refractivity contribution < 1.29 is 5.11 Å². The maximum absolute atomic E-state index is 9.99. The lowest BCUT2D eigenvalue weighted by molar-refractivity contribution is 0.452. The first-order chi connectivity index (χ1) is 8.04. The van der Waals surface area contributed by atoms with Crippen LogP contribution in [0.1, 0.15) is 57.2 Å². The van der Waals surface area contributed by atoms with E-state index < -0.39 is 0 Å². The molecule has 0 aromatic heterocycles. The first-order valence-electron chi connectivity index (χ1n) is 6.61. The minimum Gasteiger partial charge on any atom is -0.508 e. The minimum absolute atomic E-state index is 0.182. The average Bonchev–Trinajstić information content (AvgIpc) is 2.83. The van der Waals surface area contributed by atoms with Gasteiger partial charge in [0.2, 0.25) is 0 Å². The lowest BCUT2D eigenvalue weighted by atomic mass is 9.81. The third kappa shape index (κ3) is 2.47. The highest BCUT2D eigenvalue weighted by Gasteiger charge is 2.23. The minimum atomic E-state index is 0.182. The van der Waals surface area contributed by atoms with Crippen LogP contribution in [0.25, 0.3) is 0 Å². The maximum Gasteiger partial charge on any atom is 0.120 e. The van der Waals surface area contributed by atoms with Crippen LogP contribution in [-0.4, -0.2) is 11.7 Å². The van der Waals surface area contributed by atoms with Crippen LogP contribution in [0.3, 0.4) is 0 Å². The fourth-order valence-corrected chi connectivity index (χ4v) is 2.41. The first kappa shape index (κ1) is 12.4. The van der Waals surface area contributed by atoms with Crippen molar-refractivity contribution in [2.45, 2.75) is 51.5 Å². The van der Waals surface area contributed by atoms with E-state index in [1.807, 2.05) is 6.07 Å². The molecule has 94 valence electrons. The molecule has 0 unspecified atom stereocenters. The van der Waals surface area contributed by atoms with Crippen molar-refractivity contribution in [2.24, 2.45) is 0 Å². The summed E-state index contributed by atoms with van der Waals surface area (Å²) < 4.78 is 0. The zero-order chi connectivity index (χ0) is 12.5. The monoisotopic (exact) mass is 233 g/mol. The Morgan fingerprint density at radius 3 is 2.76 bits per heavy atom. The molecule has 2 N–H and O–H groups in total. The van der Waals surface area contributed by atoms with E-state index in [0.29, 0.717) is 11.8 Å². The highest BCUT2D eigenvalue weighted by molar-refractivity contribution is 5.41. The summed E-state index contributed by atoms with van der Waals surface area (Å²) in [6, 6.07) is 6.42. The summed E-state index contributed by atoms with van der Waals surface area (Å²) >= 11 is 0. The van der Waals surface area contributed by atoms with Crippen molar-refractivity contribution in [3.05, 3.63) is 29.3 Å². The van der Waals surface area contributed by atoms with Crippen LogP contribution >= 0.6 is 0 Å². The van der Waals surface area contributed by atoms with E-state index in [1.165, 1.54) is 12.0 Å². The Morgan fingerprint density at radius 2 is 2.18 bits per heavy atom. The lowest BCUT2D eigenvalue weighted by Crippen LogP contribution is -2.18. The SMILES string of the molecule is CCC(C)(C)c1ccc(O)c([C@@H]2CCCN2)c1. The van der Waals surface area contributed by atoms with Gasteiger partial charge in [-0.2, -0.15) is 0 Å². The molecule has 1 saturated heterocycles. The van der Waals surface area contributed by atoms with E-state index >= 15 is 0 Å². The number of benzene rings is 1. The second-order valence-corrected chi connectivity index (χ2v) is 5.66. The van der Waals surface area contributed by atoms with Crippen molar-refractivity contribution in [3.8, 4) is 5.75 Å². The number of hydrogen-bond donors (Lipinski definition) is 2. The molecule has 0 spiro atoms. The van der Waals surface area contributed by atoms with Crippen molar-refractivity contribution in [1.29, 1.82) is 0 Å². The summed E-state index contributed by atoms with van der Waals surface area (Å²) in [5, 5.41) is 13.4. The second-order valence-electron chi connectivity index (χ2n) is 5.66. The van der Waals surface area contributed by atoms with Gasteiger partial charge in [-0.3, -0.25) is 0 Å². The second kappa shape index (κ2) is 4.69. The van der Waals surface area contributed by atoms with E-state index in [4.69, 9.17) is 0 Å². The van der Waals surface area contributed by atoms with Crippen molar-refractivity contribution >= 4 is 0 Å². The summed E-state index contributed by atoms with van der Waals surface area (Å²) in [6.45, 7) is 7.78. The third-order valence-electron chi connectivity index (χ3n) is 4.13. The molecule has 2 nitrogen and oxygen atoms in total. The number of rotatable bonds is 3. The molecule has 1 heterocycles. The van der Waals surface area contributed by atoms with E-state index in [-0.39, 0.29) is 5.41 Å². The Hall–Kier alpha value is -1.02. The van der Waals surface area contributed by atoms with Gasteiger partial charge in [0.15, 0.2) is 0 Å². The van der Waals surface area contributed by atoms with Gasteiger partial charge in [0.1, 0.15) is 5.75 Å². The zero-order valence-corrected chi connectivity index (χ0v) is 11.1. The molecular weight excluding hydrogens is 210 g/mol. The molecule has 0 aliphatic carbocycles. The molecule has 0 amide bonds. The Kier molecular flexibility index (Phi) is 3.43. The highest BCUT2D eigenvalue weighted by atomic mass is 16.3. The normalized spacial score (nSPS) is 20.8. The van der Waals surface area contributed by atoms with Crippen LogP contribution < -0.4 is 5.32 Å². The molecule has 1 aliphatic rings. The Balaban J connectivity index is 2.35. The molecule has 1 fully saturated rings.